The molecule has 3 rings (SSSR count). The van der Waals surface area contributed by atoms with Crippen LogP contribution in [0, 0.1) is 0 Å². The summed E-state index contributed by atoms with van der Waals surface area (Å²) in [6.07, 6.45) is 3.49. The normalized spacial score (nSPS) is 17.4. The number of rotatable bonds is 2. The summed E-state index contributed by atoms with van der Waals surface area (Å²) >= 11 is 0. The number of carboxylic acid groups (broad SMARTS) is 1. The van der Waals surface area contributed by atoms with Gasteiger partial charge in [-0.05, 0) is 12.5 Å². The Balaban J connectivity index is 1.97. The second-order valence-corrected chi connectivity index (χ2v) is 4.36. The number of carbonyl (C=O) groups is 1. The molecular formula is C14H12N2O3. The van der Waals surface area contributed by atoms with Crippen LogP contribution in [0.15, 0.2) is 36.7 Å². The second-order valence-electron chi connectivity index (χ2n) is 4.36. The molecule has 0 saturated carbocycles. The minimum Gasteiger partial charge on any atom is -0.493 e. The highest BCUT2D eigenvalue weighted by Crippen LogP contribution is 2.36. The number of fused-ring (bicyclic) bond motifs is 1. The molecule has 1 atom stereocenters. The molecule has 1 aromatic carbocycles. The molecule has 1 unspecified atom stereocenters. The Labute approximate surface area is 109 Å². The molecule has 5 nitrogen and oxygen atoms in total. The highest BCUT2D eigenvalue weighted by molar-refractivity contribution is 5.86. The average Bonchev–Trinajstić information content (AvgIpc) is 2.47. The van der Waals surface area contributed by atoms with E-state index in [1.165, 1.54) is 12.4 Å². The van der Waals surface area contributed by atoms with E-state index in [0.717, 1.165) is 17.7 Å². The van der Waals surface area contributed by atoms with Gasteiger partial charge in [0.1, 0.15) is 11.6 Å². The van der Waals surface area contributed by atoms with Crippen LogP contribution in [0.3, 0.4) is 0 Å². The van der Waals surface area contributed by atoms with E-state index in [1.54, 1.807) is 0 Å². The Morgan fingerprint density at radius 2 is 2.00 bits per heavy atom. The molecule has 96 valence electrons. The van der Waals surface area contributed by atoms with Crippen LogP contribution in [0.2, 0.25) is 0 Å². The van der Waals surface area contributed by atoms with Crippen molar-refractivity contribution in [2.24, 2.45) is 0 Å². The molecule has 5 heteroatoms. The van der Waals surface area contributed by atoms with E-state index < -0.39 is 5.97 Å². The Hall–Kier alpha value is -2.43. The van der Waals surface area contributed by atoms with E-state index in [-0.39, 0.29) is 11.5 Å². The van der Waals surface area contributed by atoms with Crippen LogP contribution >= 0.6 is 0 Å². The number of aromatic nitrogens is 2. The molecule has 2 heterocycles. The molecule has 0 radical (unpaired) electrons. The lowest BCUT2D eigenvalue weighted by atomic mass is 9.92. The predicted octanol–water partition coefficient (Wildman–Crippen LogP) is 2.09. The van der Waals surface area contributed by atoms with Crippen molar-refractivity contribution in [3.05, 3.63) is 53.6 Å². The first-order valence-corrected chi connectivity index (χ1v) is 6.02. The van der Waals surface area contributed by atoms with Crippen LogP contribution in [-0.4, -0.2) is 27.7 Å². The molecule has 1 aliphatic rings. The van der Waals surface area contributed by atoms with Crippen LogP contribution in [0.4, 0.5) is 0 Å². The van der Waals surface area contributed by atoms with Gasteiger partial charge in [-0.15, -0.1) is 0 Å². The van der Waals surface area contributed by atoms with Gasteiger partial charge in [0.25, 0.3) is 0 Å². The minimum absolute atomic E-state index is 0.0628. The number of hydrogen-bond acceptors (Lipinski definition) is 4. The van der Waals surface area contributed by atoms with Crippen molar-refractivity contribution in [1.82, 2.24) is 9.97 Å². The quantitative estimate of drug-likeness (QED) is 0.890. The third kappa shape index (κ3) is 2.14. The molecule has 1 aliphatic heterocycles. The van der Waals surface area contributed by atoms with E-state index in [0.29, 0.717) is 12.4 Å². The van der Waals surface area contributed by atoms with Gasteiger partial charge in [0.2, 0.25) is 0 Å². The van der Waals surface area contributed by atoms with Gasteiger partial charge in [0.15, 0.2) is 0 Å². The van der Waals surface area contributed by atoms with E-state index in [2.05, 4.69) is 9.97 Å². The molecule has 2 aromatic rings. The van der Waals surface area contributed by atoms with Gasteiger partial charge in [0.05, 0.1) is 18.1 Å². The van der Waals surface area contributed by atoms with Crippen LogP contribution in [0.25, 0.3) is 0 Å². The topological polar surface area (TPSA) is 72.3 Å². The van der Waals surface area contributed by atoms with Crippen molar-refractivity contribution in [2.45, 2.75) is 12.3 Å². The number of hydrogen-bond donors (Lipinski definition) is 1. The highest BCUT2D eigenvalue weighted by Gasteiger charge is 2.24. The summed E-state index contributed by atoms with van der Waals surface area (Å²) in [5.74, 6) is 0.539. The molecular weight excluding hydrogens is 244 g/mol. The van der Waals surface area contributed by atoms with Gasteiger partial charge in [-0.3, -0.25) is 0 Å². The van der Waals surface area contributed by atoms with Crippen LogP contribution < -0.4 is 4.74 Å². The van der Waals surface area contributed by atoms with Gasteiger partial charge in [-0.1, -0.05) is 18.2 Å². The van der Waals surface area contributed by atoms with Crippen molar-refractivity contribution in [1.29, 1.82) is 0 Å². The van der Waals surface area contributed by atoms with Gasteiger partial charge in [0, 0.05) is 18.0 Å². The first-order valence-electron chi connectivity index (χ1n) is 6.02. The fourth-order valence-electron chi connectivity index (χ4n) is 2.24. The van der Waals surface area contributed by atoms with Crippen molar-refractivity contribution < 1.29 is 14.6 Å². The smallest absolute Gasteiger partial charge is 0.338 e. The molecule has 0 spiro atoms. The fourth-order valence-corrected chi connectivity index (χ4v) is 2.24. The standard InChI is InChI=1S/C14H12N2O3/c17-14(18)9-7-15-13(16-8-9)11-5-6-19-12-4-2-1-3-10(11)12/h1-4,7-8,11H,5-6H2,(H,17,18). The second kappa shape index (κ2) is 4.68. The predicted molar refractivity (Wildman–Crippen MR) is 67.4 cm³/mol. The van der Waals surface area contributed by atoms with Gasteiger partial charge in [-0.25, -0.2) is 14.8 Å². The molecule has 0 bridgehead atoms. The molecule has 0 amide bonds. The number of benzene rings is 1. The molecule has 1 aromatic heterocycles. The molecule has 1 N–H and O–H groups in total. The first-order chi connectivity index (χ1) is 9.25. The van der Waals surface area contributed by atoms with E-state index in [4.69, 9.17) is 9.84 Å². The maximum Gasteiger partial charge on any atom is 0.338 e. The van der Waals surface area contributed by atoms with Crippen molar-refractivity contribution in [2.75, 3.05) is 6.61 Å². The average molecular weight is 256 g/mol. The van der Waals surface area contributed by atoms with Gasteiger partial charge in [-0.2, -0.15) is 0 Å². The summed E-state index contributed by atoms with van der Waals surface area (Å²) < 4.78 is 5.59. The fraction of sp³-hybridized carbons (Fsp3) is 0.214. The van der Waals surface area contributed by atoms with Crippen LogP contribution in [-0.2, 0) is 0 Å². The maximum atomic E-state index is 10.8. The van der Waals surface area contributed by atoms with Crippen molar-refractivity contribution in [3.8, 4) is 5.75 Å². The zero-order chi connectivity index (χ0) is 13.2. The number of carboxylic acids is 1. The molecule has 19 heavy (non-hydrogen) atoms. The van der Waals surface area contributed by atoms with E-state index >= 15 is 0 Å². The summed E-state index contributed by atoms with van der Waals surface area (Å²) in [5, 5.41) is 8.84. The maximum absolute atomic E-state index is 10.8. The monoisotopic (exact) mass is 256 g/mol. The highest BCUT2D eigenvalue weighted by atomic mass is 16.5. The minimum atomic E-state index is -1.01. The van der Waals surface area contributed by atoms with Gasteiger partial charge < -0.3 is 9.84 Å². The summed E-state index contributed by atoms with van der Waals surface area (Å²) in [6, 6.07) is 7.79. The largest absolute Gasteiger partial charge is 0.493 e. The lowest BCUT2D eigenvalue weighted by Gasteiger charge is -2.24. The molecule has 0 saturated heterocycles. The molecule has 0 aliphatic carbocycles. The number of aromatic carboxylic acids is 1. The molecule has 0 fully saturated rings. The number of nitrogens with zero attached hydrogens (tertiary/aromatic N) is 2. The number of ether oxygens (including phenoxy) is 1. The third-order valence-corrected chi connectivity index (χ3v) is 3.19. The summed E-state index contributed by atoms with van der Waals surface area (Å²) in [6.45, 7) is 0.617. The summed E-state index contributed by atoms with van der Waals surface area (Å²) in [5.41, 5.74) is 1.15. The third-order valence-electron chi connectivity index (χ3n) is 3.19. The van der Waals surface area contributed by atoms with Crippen LogP contribution in [0.1, 0.15) is 34.1 Å². The van der Waals surface area contributed by atoms with Gasteiger partial charge >= 0.3 is 5.97 Å². The number of para-hydroxylation sites is 1. The Bertz CT molecular complexity index is 610. The van der Waals surface area contributed by atoms with Crippen LogP contribution in [0.5, 0.6) is 5.75 Å². The first kappa shape index (κ1) is 11.6. The summed E-state index contributed by atoms with van der Waals surface area (Å²) in [4.78, 5) is 19.1. The van der Waals surface area contributed by atoms with E-state index in [1.807, 2.05) is 24.3 Å². The van der Waals surface area contributed by atoms with Crippen molar-refractivity contribution >= 4 is 5.97 Å². The van der Waals surface area contributed by atoms with E-state index in [9.17, 15) is 4.79 Å². The Morgan fingerprint density at radius 3 is 2.74 bits per heavy atom. The zero-order valence-corrected chi connectivity index (χ0v) is 10.1. The zero-order valence-electron chi connectivity index (χ0n) is 10.1. The Morgan fingerprint density at radius 1 is 1.26 bits per heavy atom. The van der Waals surface area contributed by atoms with Crippen molar-refractivity contribution in [3.63, 3.8) is 0 Å². The Kier molecular flexibility index (Phi) is 2.87. The lowest BCUT2D eigenvalue weighted by molar-refractivity contribution is 0.0696. The SMILES string of the molecule is O=C(O)c1cnc(C2CCOc3ccccc32)nc1. The lowest BCUT2D eigenvalue weighted by Crippen LogP contribution is -2.17. The summed E-state index contributed by atoms with van der Waals surface area (Å²) in [7, 11) is 0.